The topological polar surface area (TPSA) is 64.0 Å². The number of benzene rings is 2. The third-order valence-corrected chi connectivity index (χ3v) is 5.63. The minimum absolute atomic E-state index is 0.0742. The number of nitrogens with zero attached hydrogens (tertiary/aromatic N) is 2. The Hall–Kier alpha value is -2.65. The predicted molar refractivity (Wildman–Crippen MR) is 99.0 cm³/mol. The molecule has 0 radical (unpaired) electrons. The average Bonchev–Trinajstić information content (AvgIpc) is 3.08. The summed E-state index contributed by atoms with van der Waals surface area (Å²) >= 11 is 0. The lowest BCUT2D eigenvalue weighted by molar-refractivity contribution is -0.137. The van der Waals surface area contributed by atoms with Gasteiger partial charge in [0.1, 0.15) is 0 Å². The summed E-state index contributed by atoms with van der Waals surface area (Å²) in [6.45, 7) is 0.0742. The number of aromatic nitrogens is 2. The summed E-state index contributed by atoms with van der Waals surface area (Å²) in [4.78, 5) is -0.408. The van der Waals surface area contributed by atoms with E-state index in [1.165, 1.54) is 0 Å². The first-order chi connectivity index (χ1) is 13.1. The summed E-state index contributed by atoms with van der Waals surface area (Å²) in [5.41, 5.74) is 1.86. The summed E-state index contributed by atoms with van der Waals surface area (Å²) in [7, 11) is -2.19. The monoisotopic (exact) mass is 409 g/mol. The fraction of sp³-hybridized carbons (Fsp3) is 0.211. The van der Waals surface area contributed by atoms with Crippen LogP contribution in [0.1, 0.15) is 11.1 Å². The second-order valence-electron chi connectivity index (χ2n) is 6.27. The van der Waals surface area contributed by atoms with Crippen LogP contribution in [-0.4, -0.2) is 24.7 Å². The Morgan fingerprint density at radius 2 is 1.79 bits per heavy atom. The highest BCUT2D eigenvalue weighted by Crippen LogP contribution is 2.30. The number of halogens is 3. The first-order valence-electron chi connectivity index (χ1n) is 8.40. The van der Waals surface area contributed by atoms with Crippen molar-refractivity contribution in [2.75, 3.05) is 6.54 Å². The van der Waals surface area contributed by atoms with Crippen LogP contribution in [0.3, 0.4) is 0 Å². The summed E-state index contributed by atoms with van der Waals surface area (Å²) in [6.07, 6.45) is -0.552. The maximum absolute atomic E-state index is 12.8. The molecule has 0 aliphatic rings. The van der Waals surface area contributed by atoms with Crippen LogP contribution in [0.15, 0.2) is 65.8 Å². The van der Waals surface area contributed by atoms with E-state index in [0.29, 0.717) is 12.5 Å². The highest BCUT2D eigenvalue weighted by molar-refractivity contribution is 7.89. The molecule has 0 aliphatic heterocycles. The number of hydrogen-bond acceptors (Lipinski definition) is 3. The molecule has 0 amide bonds. The van der Waals surface area contributed by atoms with Crippen molar-refractivity contribution in [1.29, 1.82) is 0 Å². The van der Waals surface area contributed by atoms with E-state index in [-0.39, 0.29) is 6.54 Å². The molecular formula is C19H18F3N3O2S. The molecule has 0 fully saturated rings. The number of aryl methyl sites for hydroxylation is 1. The van der Waals surface area contributed by atoms with Gasteiger partial charge < -0.3 is 0 Å². The standard InChI is InChI=1S/C19H18F3N3O2S/c1-25-13-16(12-23-25)15-7-5-14(6-8-15)9-10-24-28(26,27)18-4-2-3-17(11-18)19(20,21)22/h2-8,11-13,24H,9-10H2,1H3. The van der Waals surface area contributed by atoms with Gasteiger partial charge in [0.25, 0.3) is 0 Å². The average molecular weight is 409 g/mol. The van der Waals surface area contributed by atoms with Crippen LogP contribution < -0.4 is 4.72 Å². The van der Waals surface area contributed by atoms with Gasteiger partial charge in [0, 0.05) is 25.4 Å². The maximum Gasteiger partial charge on any atom is 0.416 e. The molecule has 1 aromatic heterocycles. The van der Waals surface area contributed by atoms with Gasteiger partial charge in [-0.1, -0.05) is 30.3 Å². The largest absolute Gasteiger partial charge is 0.416 e. The third-order valence-electron chi connectivity index (χ3n) is 4.17. The lowest BCUT2D eigenvalue weighted by Gasteiger charge is -2.10. The normalized spacial score (nSPS) is 12.3. The second kappa shape index (κ2) is 7.76. The van der Waals surface area contributed by atoms with Crippen molar-refractivity contribution >= 4 is 10.0 Å². The molecule has 0 aliphatic carbocycles. The Labute approximate surface area is 160 Å². The summed E-state index contributed by atoms with van der Waals surface area (Å²) in [5, 5.41) is 4.11. The Kier molecular flexibility index (Phi) is 5.57. The number of hydrogen-bond donors (Lipinski definition) is 1. The molecule has 5 nitrogen and oxygen atoms in total. The molecule has 0 spiro atoms. The van der Waals surface area contributed by atoms with E-state index in [2.05, 4.69) is 9.82 Å². The van der Waals surface area contributed by atoms with E-state index in [0.717, 1.165) is 34.9 Å². The highest BCUT2D eigenvalue weighted by Gasteiger charge is 2.31. The van der Waals surface area contributed by atoms with Gasteiger partial charge in [-0.25, -0.2) is 13.1 Å². The van der Waals surface area contributed by atoms with Gasteiger partial charge in [-0.15, -0.1) is 0 Å². The van der Waals surface area contributed by atoms with Crippen LogP contribution in [0, 0.1) is 0 Å². The molecule has 0 atom stereocenters. The van der Waals surface area contributed by atoms with Crippen molar-refractivity contribution in [2.24, 2.45) is 7.05 Å². The van der Waals surface area contributed by atoms with Crippen LogP contribution in [0.2, 0.25) is 0 Å². The molecule has 28 heavy (non-hydrogen) atoms. The molecular weight excluding hydrogens is 391 g/mol. The van der Waals surface area contributed by atoms with Crippen LogP contribution in [0.25, 0.3) is 11.1 Å². The first-order valence-corrected chi connectivity index (χ1v) is 9.88. The molecule has 0 bridgehead atoms. The number of alkyl halides is 3. The van der Waals surface area contributed by atoms with Gasteiger partial charge in [0.15, 0.2) is 0 Å². The predicted octanol–water partition coefficient (Wildman–Crippen LogP) is 3.63. The van der Waals surface area contributed by atoms with Crippen molar-refractivity contribution in [2.45, 2.75) is 17.5 Å². The van der Waals surface area contributed by atoms with E-state index < -0.39 is 26.7 Å². The molecule has 148 valence electrons. The van der Waals surface area contributed by atoms with Gasteiger partial charge in [-0.3, -0.25) is 4.68 Å². The van der Waals surface area contributed by atoms with Gasteiger partial charge >= 0.3 is 6.18 Å². The van der Waals surface area contributed by atoms with Crippen molar-refractivity contribution < 1.29 is 21.6 Å². The molecule has 3 rings (SSSR count). The van der Waals surface area contributed by atoms with Crippen molar-refractivity contribution in [1.82, 2.24) is 14.5 Å². The molecule has 0 saturated heterocycles. The van der Waals surface area contributed by atoms with Gasteiger partial charge in [0.2, 0.25) is 10.0 Å². The van der Waals surface area contributed by atoms with Crippen molar-refractivity contribution in [3.8, 4) is 11.1 Å². The molecule has 1 heterocycles. The van der Waals surface area contributed by atoms with Gasteiger partial charge in [-0.05, 0) is 35.7 Å². The molecule has 1 N–H and O–H groups in total. The van der Waals surface area contributed by atoms with Gasteiger partial charge in [0.05, 0.1) is 16.7 Å². The fourth-order valence-corrected chi connectivity index (χ4v) is 3.76. The van der Waals surface area contributed by atoms with E-state index in [1.54, 1.807) is 10.9 Å². The van der Waals surface area contributed by atoms with Crippen LogP contribution in [0.5, 0.6) is 0 Å². The Morgan fingerprint density at radius 3 is 2.39 bits per heavy atom. The number of rotatable bonds is 6. The smallest absolute Gasteiger partial charge is 0.275 e. The lowest BCUT2D eigenvalue weighted by Crippen LogP contribution is -2.26. The van der Waals surface area contributed by atoms with E-state index in [4.69, 9.17) is 0 Å². The molecule has 3 aromatic rings. The quantitative estimate of drug-likeness (QED) is 0.676. The minimum Gasteiger partial charge on any atom is -0.275 e. The molecule has 0 unspecified atom stereocenters. The second-order valence-corrected chi connectivity index (χ2v) is 8.04. The molecule has 9 heteroatoms. The minimum atomic E-state index is -4.60. The summed E-state index contributed by atoms with van der Waals surface area (Å²) < 4.78 is 66.9. The van der Waals surface area contributed by atoms with Crippen LogP contribution in [0.4, 0.5) is 13.2 Å². The van der Waals surface area contributed by atoms with E-state index in [1.807, 2.05) is 37.5 Å². The maximum atomic E-state index is 12.8. The lowest BCUT2D eigenvalue weighted by atomic mass is 10.1. The zero-order valence-electron chi connectivity index (χ0n) is 14.9. The third kappa shape index (κ3) is 4.79. The summed E-state index contributed by atoms with van der Waals surface area (Å²) in [6, 6.07) is 11.3. The summed E-state index contributed by atoms with van der Waals surface area (Å²) in [5.74, 6) is 0. The van der Waals surface area contributed by atoms with Gasteiger partial charge in [-0.2, -0.15) is 18.3 Å². The Morgan fingerprint density at radius 1 is 1.07 bits per heavy atom. The van der Waals surface area contributed by atoms with E-state index in [9.17, 15) is 21.6 Å². The first kappa shape index (κ1) is 20.1. The SMILES string of the molecule is Cn1cc(-c2ccc(CCNS(=O)(=O)c3cccc(C(F)(F)F)c3)cc2)cn1. The highest BCUT2D eigenvalue weighted by atomic mass is 32.2. The zero-order valence-corrected chi connectivity index (χ0v) is 15.8. The van der Waals surface area contributed by atoms with E-state index >= 15 is 0 Å². The fourth-order valence-electron chi connectivity index (χ4n) is 2.69. The zero-order chi connectivity index (χ0) is 20.4. The Bertz CT molecular complexity index is 1060. The Balaban J connectivity index is 1.62. The van der Waals surface area contributed by atoms with Crippen LogP contribution in [-0.2, 0) is 29.7 Å². The van der Waals surface area contributed by atoms with Crippen LogP contribution >= 0.6 is 0 Å². The molecule has 0 saturated carbocycles. The number of sulfonamides is 1. The molecule has 2 aromatic carbocycles. The van der Waals surface area contributed by atoms with Crippen molar-refractivity contribution in [3.63, 3.8) is 0 Å². The van der Waals surface area contributed by atoms with Crippen molar-refractivity contribution in [3.05, 3.63) is 72.1 Å². The number of nitrogens with one attached hydrogen (secondary N) is 1.